The first-order valence-electron chi connectivity index (χ1n) is 13.2. The van der Waals surface area contributed by atoms with Gasteiger partial charge in [-0.25, -0.2) is 0 Å². The zero-order valence-corrected chi connectivity index (χ0v) is 25.9. The molecule has 0 radical (unpaired) electrons. The topological polar surface area (TPSA) is 52.8 Å². The first kappa shape index (κ1) is 32.6. The van der Waals surface area contributed by atoms with E-state index in [0.29, 0.717) is 23.5 Å². The van der Waals surface area contributed by atoms with Crippen LogP contribution in [0.4, 0.5) is 22.0 Å². The normalized spacial score (nSPS) is 12.9. The second-order valence-electron chi connectivity index (χ2n) is 11.1. The Kier molecular flexibility index (Phi) is 9.95. The van der Waals surface area contributed by atoms with Crippen molar-refractivity contribution in [3.8, 4) is 22.6 Å². The van der Waals surface area contributed by atoms with E-state index in [0.717, 1.165) is 35.7 Å². The molecule has 0 saturated carbocycles. The van der Waals surface area contributed by atoms with E-state index in [1.807, 2.05) is 53.7 Å². The molecule has 10 heteroatoms. The molecule has 4 rings (SSSR count). The van der Waals surface area contributed by atoms with E-state index in [2.05, 4.69) is 16.3 Å². The summed E-state index contributed by atoms with van der Waals surface area (Å²) in [6, 6.07) is 12.8. The van der Waals surface area contributed by atoms with E-state index in [1.165, 1.54) is 0 Å². The van der Waals surface area contributed by atoms with Gasteiger partial charge in [0.2, 0.25) is 0 Å². The summed E-state index contributed by atoms with van der Waals surface area (Å²) in [6.45, 7) is 12.0. The number of nitrogens with zero attached hydrogens (tertiary/aromatic N) is 4. The molecule has 0 aliphatic carbocycles. The smallest absolute Gasteiger partial charge is 0.573 e. The van der Waals surface area contributed by atoms with E-state index in [-0.39, 0.29) is 49.9 Å². The number of aromatic nitrogens is 4. The van der Waals surface area contributed by atoms with Crippen molar-refractivity contribution in [2.45, 2.75) is 71.9 Å². The van der Waals surface area contributed by atoms with Gasteiger partial charge in [-0.15, -0.1) is 12.1 Å². The maximum atomic E-state index is 14.8. The molecule has 1 unspecified atom stereocenters. The summed E-state index contributed by atoms with van der Waals surface area (Å²) in [5, 5.41) is 7.07. The number of pyridine rings is 2. The third-order valence-electron chi connectivity index (χ3n) is 7.04. The fraction of sp³-hybridized carbons (Fsp3) is 0.387. The summed E-state index contributed by atoms with van der Waals surface area (Å²) in [6.07, 6.45) is -3.13. The Morgan fingerprint density at radius 3 is 2.12 bits per heavy atom. The quantitative estimate of drug-likeness (QED) is 0.135. The van der Waals surface area contributed by atoms with E-state index >= 15 is 0 Å². The molecule has 1 aromatic carbocycles. The predicted molar refractivity (Wildman–Crippen MR) is 144 cm³/mol. The number of alkyl halides is 3. The maximum Gasteiger partial charge on any atom is 2.00 e. The van der Waals surface area contributed by atoms with Crippen LogP contribution in [-0.2, 0) is 39.1 Å². The van der Waals surface area contributed by atoms with Gasteiger partial charge in [0.15, 0.2) is 0 Å². The minimum absolute atomic E-state index is 0. The minimum atomic E-state index is -4.62. The molecule has 0 amide bonds. The molecule has 0 fully saturated rings. The van der Waals surface area contributed by atoms with E-state index in [1.54, 1.807) is 12.1 Å². The molecule has 0 aliphatic heterocycles. The van der Waals surface area contributed by atoms with Gasteiger partial charge in [-0.2, -0.15) is 13.2 Å². The van der Waals surface area contributed by atoms with E-state index < -0.39 is 28.9 Å². The third kappa shape index (κ3) is 7.29. The van der Waals surface area contributed by atoms with Gasteiger partial charge in [0.05, 0.1) is 11.4 Å². The van der Waals surface area contributed by atoms with Crippen molar-refractivity contribution in [2.75, 3.05) is 0 Å². The Balaban J connectivity index is 0.00000462. The van der Waals surface area contributed by atoms with E-state index in [4.69, 9.17) is 9.97 Å². The molecular formula is C31H31F5N4Pt. The van der Waals surface area contributed by atoms with Crippen LogP contribution in [0.5, 0.6) is 0 Å². The van der Waals surface area contributed by atoms with Gasteiger partial charge in [0.25, 0.3) is 0 Å². The molecular weight excluding hydrogens is 718 g/mol. The molecule has 0 N–H and O–H groups in total. The Bertz CT molecular complexity index is 1510. The molecule has 0 aliphatic rings. The zero-order valence-electron chi connectivity index (χ0n) is 23.6. The fourth-order valence-corrected chi connectivity index (χ4v) is 4.48. The van der Waals surface area contributed by atoms with Crippen LogP contribution >= 0.6 is 0 Å². The summed E-state index contributed by atoms with van der Waals surface area (Å²) in [7, 11) is 0. The van der Waals surface area contributed by atoms with Crippen LogP contribution in [0.3, 0.4) is 0 Å². The summed E-state index contributed by atoms with van der Waals surface area (Å²) < 4.78 is 68.1. The Morgan fingerprint density at radius 1 is 0.878 bits per heavy atom. The standard InChI is InChI=1S/C31H31F5N4.Pt/c1-7-18(4)20-13-24(22-9-8-21(32)15-23(22)33)37-28(14-20)30(5,6)27-12-19(10-17(2)3)11-25(38-27)26-16-29(40-39-26)31(34,35)36;/h8,11-18H,7,10H2,1-6H3;/q-2;+2. The SMILES string of the molecule is CCC(C)c1cc(-c2[c-]cc(F)cc2F)nc(C(C)(C)c2cc(CC(C)C)cc(-c3cc(C(F)(F)F)n[n-]3)n2)c1.[Pt+2]. The van der Waals surface area contributed by atoms with Gasteiger partial charge in [0.1, 0.15) is 5.69 Å². The van der Waals surface area contributed by atoms with Crippen molar-refractivity contribution in [1.29, 1.82) is 0 Å². The summed E-state index contributed by atoms with van der Waals surface area (Å²) in [5.74, 6) is -1.11. The van der Waals surface area contributed by atoms with Crippen LogP contribution in [0.25, 0.3) is 22.6 Å². The number of hydrogen-bond donors (Lipinski definition) is 0. The number of hydrogen-bond acceptors (Lipinski definition) is 3. The van der Waals surface area contributed by atoms with Crippen LogP contribution in [0, 0.1) is 23.6 Å². The maximum absolute atomic E-state index is 14.8. The van der Waals surface area contributed by atoms with Gasteiger partial charge >= 0.3 is 27.2 Å². The Hall–Kier alpha value is -2.93. The number of benzene rings is 1. The third-order valence-corrected chi connectivity index (χ3v) is 7.04. The van der Waals surface area contributed by atoms with E-state index in [9.17, 15) is 22.0 Å². The van der Waals surface area contributed by atoms with Gasteiger partial charge in [-0.3, -0.25) is 13.8 Å². The first-order chi connectivity index (χ1) is 18.7. The molecule has 41 heavy (non-hydrogen) atoms. The average molecular weight is 750 g/mol. The van der Waals surface area contributed by atoms with Crippen LogP contribution in [0.15, 0.2) is 42.5 Å². The molecule has 3 aromatic heterocycles. The number of rotatable bonds is 8. The molecule has 1 atom stereocenters. The van der Waals surface area contributed by atoms with Crippen LogP contribution in [-0.4, -0.2) is 15.1 Å². The van der Waals surface area contributed by atoms with Crippen molar-refractivity contribution in [3.63, 3.8) is 0 Å². The average Bonchev–Trinajstić information content (AvgIpc) is 3.39. The van der Waals surface area contributed by atoms with Crippen molar-refractivity contribution < 1.29 is 43.0 Å². The van der Waals surface area contributed by atoms with Crippen molar-refractivity contribution in [3.05, 3.63) is 88.4 Å². The largest absolute Gasteiger partial charge is 2.00 e. The second-order valence-corrected chi connectivity index (χ2v) is 11.1. The molecule has 4 aromatic rings. The van der Waals surface area contributed by atoms with Gasteiger partial charge in [0, 0.05) is 22.7 Å². The van der Waals surface area contributed by atoms with Crippen LogP contribution in [0.2, 0.25) is 0 Å². The van der Waals surface area contributed by atoms with Crippen LogP contribution in [0.1, 0.15) is 82.1 Å². The van der Waals surface area contributed by atoms with Gasteiger partial charge < -0.3 is 15.2 Å². The zero-order chi connectivity index (χ0) is 29.4. The Morgan fingerprint density at radius 2 is 1.54 bits per heavy atom. The van der Waals surface area contributed by atoms with Gasteiger partial charge in [-0.1, -0.05) is 56.6 Å². The van der Waals surface area contributed by atoms with Crippen molar-refractivity contribution >= 4 is 0 Å². The molecule has 0 saturated heterocycles. The second kappa shape index (κ2) is 12.5. The summed E-state index contributed by atoms with van der Waals surface area (Å²) >= 11 is 0. The fourth-order valence-electron chi connectivity index (χ4n) is 4.48. The number of halogens is 5. The van der Waals surface area contributed by atoms with Gasteiger partial charge in [-0.05, 0) is 74.0 Å². The molecule has 0 spiro atoms. The van der Waals surface area contributed by atoms with Crippen LogP contribution < -0.4 is 5.10 Å². The summed E-state index contributed by atoms with van der Waals surface area (Å²) in [4.78, 5) is 9.52. The predicted octanol–water partition coefficient (Wildman–Crippen LogP) is 8.30. The minimum Gasteiger partial charge on any atom is -0.573 e. The molecule has 220 valence electrons. The summed E-state index contributed by atoms with van der Waals surface area (Å²) in [5.41, 5.74) is 1.71. The molecule has 3 heterocycles. The van der Waals surface area contributed by atoms with Crippen molar-refractivity contribution in [1.82, 2.24) is 20.2 Å². The monoisotopic (exact) mass is 749 g/mol. The first-order valence-corrected chi connectivity index (χ1v) is 13.2. The molecule has 4 nitrogen and oxygen atoms in total. The molecule has 0 bridgehead atoms. The van der Waals surface area contributed by atoms with Crippen molar-refractivity contribution in [2.24, 2.45) is 5.92 Å². The Labute approximate surface area is 251 Å².